The average molecular weight is 416 g/mol. The number of rotatable bonds is 4. The Morgan fingerprint density at radius 3 is 2.52 bits per heavy atom. The number of fused-ring (bicyclic) bond motifs is 1. The molecule has 2 N–H and O–H groups in total. The standard InChI is InChI=1S/C25H24N2O4/c1-14-5-4-6-21(15(14)2)26-24(29)20-13-19-22(27-25(20)30)11-17(12-23(19)28)16-7-9-18(31-3)10-8-16/h4-10,13,17H,11-12H2,1-3H3,(H,26,29)(H,27,30)/t17-/m1/s1. The van der Waals surface area contributed by atoms with Crippen LogP contribution in [0.1, 0.15) is 55.4 Å². The molecule has 6 nitrogen and oxygen atoms in total. The topological polar surface area (TPSA) is 88.3 Å². The predicted octanol–water partition coefficient (Wildman–Crippen LogP) is 4.17. The van der Waals surface area contributed by atoms with Gasteiger partial charge in [0.05, 0.1) is 7.11 Å². The Balaban J connectivity index is 1.61. The minimum absolute atomic E-state index is 0.0313. The number of aromatic nitrogens is 1. The van der Waals surface area contributed by atoms with Gasteiger partial charge >= 0.3 is 0 Å². The van der Waals surface area contributed by atoms with E-state index in [2.05, 4.69) is 10.3 Å². The van der Waals surface area contributed by atoms with E-state index in [-0.39, 0.29) is 17.3 Å². The van der Waals surface area contributed by atoms with Crippen LogP contribution < -0.4 is 15.6 Å². The first-order chi connectivity index (χ1) is 14.9. The van der Waals surface area contributed by atoms with Crippen LogP contribution in [0, 0.1) is 13.8 Å². The molecule has 3 aromatic rings. The van der Waals surface area contributed by atoms with Gasteiger partial charge in [-0.2, -0.15) is 0 Å². The highest BCUT2D eigenvalue weighted by molar-refractivity contribution is 6.07. The van der Waals surface area contributed by atoms with E-state index in [1.807, 2.05) is 50.2 Å². The third-order valence-corrected chi connectivity index (χ3v) is 5.99. The molecule has 0 bridgehead atoms. The first-order valence-corrected chi connectivity index (χ1v) is 10.2. The lowest BCUT2D eigenvalue weighted by Crippen LogP contribution is -2.29. The van der Waals surface area contributed by atoms with Crippen molar-refractivity contribution in [2.75, 3.05) is 12.4 Å². The largest absolute Gasteiger partial charge is 0.497 e. The molecular weight excluding hydrogens is 392 g/mol. The second-order valence-electron chi connectivity index (χ2n) is 7.91. The molecule has 0 spiro atoms. The van der Waals surface area contributed by atoms with Crippen molar-refractivity contribution in [2.45, 2.75) is 32.6 Å². The normalized spacial score (nSPS) is 15.3. The van der Waals surface area contributed by atoms with Crippen LogP contribution in [0.3, 0.4) is 0 Å². The van der Waals surface area contributed by atoms with E-state index in [0.29, 0.717) is 29.8 Å². The number of aromatic amines is 1. The minimum atomic E-state index is -0.525. The fraction of sp³-hybridized carbons (Fsp3) is 0.240. The summed E-state index contributed by atoms with van der Waals surface area (Å²) in [5.74, 6) is 0.109. The number of nitrogens with one attached hydrogen (secondary N) is 2. The summed E-state index contributed by atoms with van der Waals surface area (Å²) < 4.78 is 5.19. The van der Waals surface area contributed by atoms with Gasteiger partial charge in [0.25, 0.3) is 11.5 Å². The summed E-state index contributed by atoms with van der Waals surface area (Å²) in [6.45, 7) is 3.86. The summed E-state index contributed by atoms with van der Waals surface area (Å²) in [6.07, 6.45) is 0.852. The van der Waals surface area contributed by atoms with Gasteiger partial charge < -0.3 is 15.0 Å². The van der Waals surface area contributed by atoms with Crippen molar-refractivity contribution in [3.63, 3.8) is 0 Å². The third-order valence-electron chi connectivity index (χ3n) is 5.99. The van der Waals surface area contributed by atoms with Crippen LogP contribution in [0.4, 0.5) is 5.69 Å². The van der Waals surface area contributed by atoms with Crippen LogP contribution in [-0.4, -0.2) is 23.8 Å². The van der Waals surface area contributed by atoms with Gasteiger partial charge in [-0.1, -0.05) is 24.3 Å². The molecule has 0 unspecified atom stereocenters. The zero-order valence-corrected chi connectivity index (χ0v) is 17.7. The van der Waals surface area contributed by atoms with Crippen LogP contribution in [0.15, 0.2) is 53.3 Å². The van der Waals surface area contributed by atoms with Crippen LogP contribution in [0.5, 0.6) is 5.75 Å². The first kappa shape index (κ1) is 20.6. The number of Topliss-reactive ketones (excluding diaryl/α,β-unsaturated/α-hetero) is 1. The quantitative estimate of drug-likeness (QED) is 0.668. The monoisotopic (exact) mass is 416 g/mol. The van der Waals surface area contributed by atoms with E-state index in [1.54, 1.807) is 13.2 Å². The number of pyridine rings is 1. The molecule has 1 aliphatic rings. The molecule has 1 aromatic heterocycles. The second kappa shape index (κ2) is 8.22. The lowest BCUT2D eigenvalue weighted by Gasteiger charge is -2.24. The van der Waals surface area contributed by atoms with Gasteiger partial charge in [0, 0.05) is 23.4 Å². The van der Waals surface area contributed by atoms with Crippen LogP contribution >= 0.6 is 0 Å². The number of aryl methyl sites for hydroxylation is 1. The molecular formula is C25H24N2O4. The molecule has 6 heteroatoms. The number of ether oxygens (including phenoxy) is 1. The van der Waals surface area contributed by atoms with Crippen molar-refractivity contribution >= 4 is 17.4 Å². The van der Waals surface area contributed by atoms with Gasteiger partial charge in [0.15, 0.2) is 5.78 Å². The zero-order valence-electron chi connectivity index (χ0n) is 17.7. The Morgan fingerprint density at radius 1 is 1.06 bits per heavy atom. The van der Waals surface area contributed by atoms with E-state index < -0.39 is 11.5 Å². The lowest BCUT2D eigenvalue weighted by atomic mass is 9.81. The SMILES string of the molecule is COc1ccc([C@H]2CC(=O)c3cc(C(=O)Nc4cccc(C)c4C)c(=O)[nH]c3C2)cc1. The summed E-state index contributed by atoms with van der Waals surface area (Å²) in [7, 11) is 1.61. The highest BCUT2D eigenvalue weighted by Gasteiger charge is 2.29. The molecule has 0 fully saturated rings. The summed E-state index contributed by atoms with van der Waals surface area (Å²) in [6, 6.07) is 14.6. The molecule has 0 saturated heterocycles. The van der Waals surface area contributed by atoms with Gasteiger partial charge in [0.1, 0.15) is 11.3 Å². The third kappa shape index (κ3) is 4.01. The maximum Gasteiger partial charge on any atom is 0.261 e. The number of benzene rings is 2. The Morgan fingerprint density at radius 2 is 1.81 bits per heavy atom. The molecule has 1 heterocycles. The molecule has 158 valence electrons. The van der Waals surface area contributed by atoms with Crippen molar-refractivity contribution in [1.29, 1.82) is 0 Å². The van der Waals surface area contributed by atoms with Crippen LogP contribution in [-0.2, 0) is 6.42 Å². The summed E-state index contributed by atoms with van der Waals surface area (Å²) in [4.78, 5) is 41.1. The first-order valence-electron chi connectivity index (χ1n) is 10.2. The number of hydrogen-bond donors (Lipinski definition) is 2. The maximum absolute atomic E-state index is 12.9. The predicted molar refractivity (Wildman–Crippen MR) is 119 cm³/mol. The summed E-state index contributed by atoms with van der Waals surface area (Å²) in [5, 5.41) is 2.79. The van der Waals surface area contributed by atoms with Gasteiger partial charge in [0.2, 0.25) is 0 Å². The van der Waals surface area contributed by atoms with E-state index in [9.17, 15) is 14.4 Å². The maximum atomic E-state index is 12.9. The highest BCUT2D eigenvalue weighted by atomic mass is 16.5. The number of hydrogen-bond acceptors (Lipinski definition) is 4. The van der Waals surface area contributed by atoms with Crippen molar-refractivity contribution in [2.24, 2.45) is 0 Å². The van der Waals surface area contributed by atoms with E-state index >= 15 is 0 Å². The second-order valence-corrected chi connectivity index (χ2v) is 7.91. The van der Waals surface area contributed by atoms with Gasteiger partial charge in [-0.3, -0.25) is 14.4 Å². The van der Waals surface area contributed by atoms with Gasteiger partial charge in [-0.05, 0) is 67.1 Å². The Bertz CT molecular complexity index is 1230. The molecule has 0 aliphatic heterocycles. The number of amides is 1. The number of anilines is 1. The van der Waals surface area contributed by atoms with Crippen molar-refractivity contribution in [1.82, 2.24) is 4.98 Å². The molecule has 0 saturated carbocycles. The molecule has 31 heavy (non-hydrogen) atoms. The highest BCUT2D eigenvalue weighted by Crippen LogP contribution is 2.32. The summed E-state index contributed by atoms with van der Waals surface area (Å²) in [5.41, 5.74) is 4.06. The smallest absolute Gasteiger partial charge is 0.261 e. The lowest BCUT2D eigenvalue weighted by molar-refractivity contribution is 0.0963. The van der Waals surface area contributed by atoms with Crippen LogP contribution in [0.2, 0.25) is 0 Å². The van der Waals surface area contributed by atoms with Gasteiger partial charge in [-0.25, -0.2) is 0 Å². The Labute approximate surface area is 180 Å². The van der Waals surface area contributed by atoms with Crippen molar-refractivity contribution in [3.8, 4) is 5.75 Å². The fourth-order valence-electron chi connectivity index (χ4n) is 3.99. The van der Waals surface area contributed by atoms with Crippen molar-refractivity contribution in [3.05, 3.63) is 92.4 Å². The Hall–Kier alpha value is -3.67. The minimum Gasteiger partial charge on any atom is -0.497 e. The number of H-pyrrole nitrogens is 1. The molecule has 1 aliphatic carbocycles. The van der Waals surface area contributed by atoms with E-state index in [1.165, 1.54) is 6.07 Å². The number of methoxy groups -OCH3 is 1. The zero-order chi connectivity index (χ0) is 22.1. The molecule has 1 amide bonds. The average Bonchev–Trinajstić information content (AvgIpc) is 2.76. The molecule has 0 radical (unpaired) electrons. The number of ketones is 1. The van der Waals surface area contributed by atoms with Crippen LogP contribution in [0.25, 0.3) is 0 Å². The number of carbonyl (C=O) groups is 2. The Kier molecular flexibility index (Phi) is 5.46. The molecule has 2 aromatic carbocycles. The fourth-order valence-corrected chi connectivity index (χ4v) is 3.99. The van der Waals surface area contributed by atoms with E-state index in [0.717, 1.165) is 22.4 Å². The molecule has 4 rings (SSSR count). The van der Waals surface area contributed by atoms with Gasteiger partial charge in [-0.15, -0.1) is 0 Å². The summed E-state index contributed by atoms with van der Waals surface area (Å²) >= 11 is 0. The molecule has 1 atom stereocenters. The van der Waals surface area contributed by atoms with Crippen molar-refractivity contribution < 1.29 is 14.3 Å². The van der Waals surface area contributed by atoms with E-state index in [4.69, 9.17) is 4.74 Å². The number of carbonyl (C=O) groups excluding carboxylic acids is 2.